The van der Waals surface area contributed by atoms with Gasteiger partial charge in [-0.15, -0.1) is 0 Å². The Morgan fingerprint density at radius 3 is 2.31 bits per heavy atom. The Morgan fingerprint density at radius 2 is 1.62 bits per heavy atom. The van der Waals surface area contributed by atoms with Crippen LogP contribution in [0.15, 0.2) is 90.1 Å². The minimum absolute atomic E-state index is 0.150. The zero-order chi connectivity index (χ0) is 22.5. The third-order valence-electron chi connectivity index (χ3n) is 5.31. The van der Waals surface area contributed by atoms with Crippen LogP contribution in [0.2, 0.25) is 0 Å². The number of amides is 2. The van der Waals surface area contributed by atoms with Crippen molar-refractivity contribution >= 4 is 11.8 Å². The number of ketones is 1. The van der Waals surface area contributed by atoms with Crippen LogP contribution in [-0.4, -0.2) is 18.9 Å². The van der Waals surface area contributed by atoms with Gasteiger partial charge >= 0.3 is 6.03 Å². The summed E-state index contributed by atoms with van der Waals surface area (Å²) in [6, 6.07) is 23.3. The second-order valence-electron chi connectivity index (χ2n) is 7.45. The highest BCUT2D eigenvalue weighted by Gasteiger charge is 2.32. The van der Waals surface area contributed by atoms with Crippen LogP contribution < -0.4 is 20.1 Å². The van der Waals surface area contributed by atoms with Crippen molar-refractivity contribution in [3.05, 3.63) is 107 Å². The number of methoxy groups -OCH3 is 1. The van der Waals surface area contributed by atoms with Crippen molar-refractivity contribution in [2.24, 2.45) is 0 Å². The van der Waals surface area contributed by atoms with Gasteiger partial charge in [0, 0.05) is 16.8 Å². The molecule has 1 atom stereocenters. The van der Waals surface area contributed by atoms with Gasteiger partial charge in [0.2, 0.25) is 0 Å². The molecule has 3 aromatic rings. The molecule has 0 bridgehead atoms. The van der Waals surface area contributed by atoms with E-state index in [1.165, 1.54) is 0 Å². The molecule has 1 heterocycles. The number of ether oxygens (including phenoxy) is 2. The minimum Gasteiger partial charge on any atom is -0.493 e. The number of carbonyl (C=O) groups excluding carboxylic acids is 2. The quantitative estimate of drug-likeness (QED) is 0.531. The molecule has 3 aromatic carbocycles. The summed E-state index contributed by atoms with van der Waals surface area (Å²) in [5.74, 6) is 0.954. The van der Waals surface area contributed by atoms with Gasteiger partial charge < -0.3 is 20.1 Å². The Kier molecular flexibility index (Phi) is 6.22. The van der Waals surface area contributed by atoms with Gasteiger partial charge in [0.25, 0.3) is 0 Å². The number of carbonyl (C=O) groups is 2. The average molecular weight is 428 g/mol. The van der Waals surface area contributed by atoms with Crippen LogP contribution in [0, 0.1) is 0 Å². The first-order valence-electron chi connectivity index (χ1n) is 10.3. The monoisotopic (exact) mass is 428 g/mol. The largest absolute Gasteiger partial charge is 0.493 e. The summed E-state index contributed by atoms with van der Waals surface area (Å²) in [7, 11) is 1.57. The molecule has 0 saturated carbocycles. The fraction of sp³-hybridized carbons (Fsp3) is 0.154. The number of allylic oxidation sites excluding steroid dienone is 1. The summed E-state index contributed by atoms with van der Waals surface area (Å²) in [6.07, 6.45) is 0. The highest BCUT2D eigenvalue weighted by Crippen LogP contribution is 2.35. The number of rotatable bonds is 7. The summed E-state index contributed by atoms with van der Waals surface area (Å²) in [4.78, 5) is 25.6. The van der Waals surface area contributed by atoms with Crippen LogP contribution in [0.3, 0.4) is 0 Å². The lowest BCUT2D eigenvalue weighted by Gasteiger charge is -2.29. The molecule has 2 amide bonds. The number of hydrogen-bond donors (Lipinski definition) is 2. The number of hydrogen-bond acceptors (Lipinski definition) is 4. The van der Waals surface area contributed by atoms with E-state index >= 15 is 0 Å². The molecule has 0 spiro atoms. The second kappa shape index (κ2) is 9.39. The van der Waals surface area contributed by atoms with E-state index in [0.717, 1.165) is 11.1 Å². The number of nitrogens with one attached hydrogen (secondary N) is 2. The van der Waals surface area contributed by atoms with Gasteiger partial charge in [-0.05, 0) is 30.2 Å². The maximum Gasteiger partial charge on any atom is 0.319 e. The molecule has 4 rings (SSSR count). The zero-order valence-electron chi connectivity index (χ0n) is 17.9. The first kappa shape index (κ1) is 21.2. The third-order valence-corrected chi connectivity index (χ3v) is 5.31. The van der Waals surface area contributed by atoms with Gasteiger partial charge in [-0.2, -0.15) is 0 Å². The molecule has 162 valence electrons. The van der Waals surface area contributed by atoms with E-state index in [1.54, 1.807) is 32.2 Å². The molecule has 6 nitrogen and oxygen atoms in total. The van der Waals surface area contributed by atoms with Gasteiger partial charge in [-0.25, -0.2) is 4.79 Å². The summed E-state index contributed by atoms with van der Waals surface area (Å²) in [5.41, 5.74) is 3.30. The summed E-state index contributed by atoms with van der Waals surface area (Å²) in [5, 5.41) is 5.59. The average Bonchev–Trinajstić information content (AvgIpc) is 2.83. The summed E-state index contributed by atoms with van der Waals surface area (Å²) < 4.78 is 11.5. The van der Waals surface area contributed by atoms with Crippen molar-refractivity contribution in [3.63, 3.8) is 0 Å². The SMILES string of the molecule is COc1ccc(C2NC(=O)NC(C)=C2C(=O)c2ccccc2)cc1OCc1ccccc1. The highest BCUT2D eigenvalue weighted by molar-refractivity contribution is 6.11. The lowest BCUT2D eigenvalue weighted by molar-refractivity contribution is 0.102. The van der Waals surface area contributed by atoms with Crippen molar-refractivity contribution in [2.75, 3.05) is 7.11 Å². The van der Waals surface area contributed by atoms with Crippen molar-refractivity contribution < 1.29 is 19.1 Å². The van der Waals surface area contributed by atoms with Crippen LogP contribution >= 0.6 is 0 Å². The number of Topliss-reactive ketones (excluding diaryl/α,β-unsaturated/α-hetero) is 1. The Labute approximate surface area is 186 Å². The normalized spacial score (nSPS) is 15.6. The van der Waals surface area contributed by atoms with Gasteiger partial charge in [0.05, 0.1) is 13.2 Å². The molecule has 6 heteroatoms. The van der Waals surface area contributed by atoms with Gasteiger partial charge in [0.15, 0.2) is 17.3 Å². The Hall–Kier alpha value is -4.06. The Morgan fingerprint density at radius 1 is 0.938 bits per heavy atom. The van der Waals surface area contributed by atoms with E-state index in [-0.39, 0.29) is 11.8 Å². The first-order valence-corrected chi connectivity index (χ1v) is 10.3. The van der Waals surface area contributed by atoms with Crippen molar-refractivity contribution in [3.8, 4) is 11.5 Å². The van der Waals surface area contributed by atoms with Crippen molar-refractivity contribution in [1.82, 2.24) is 10.6 Å². The molecular formula is C26H24N2O4. The second-order valence-corrected chi connectivity index (χ2v) is 7.45. The van der Waals surface area contributed by atoms with E-state index in [2.05, 4.69) is 10.6 Å². The maximum atomic E-state index is 13.3. The van der Waals surface area contributed by atoms with E-state index < -0.39 is 6.04 Å². The fourth-order valence-corrected chi connectivity index (χ4v) is 3.71. The summed E-state index contributed by atoms with van der Waals surface area (Å²) >= 11 is 0. The maximum absolute atomic E-state index is 13.3. The Balaban J connectivity index is 1.69. The standard InChI is InChI=1S/C26H24N2O4/c1-17-23(25(29)19-11-7-4-8-12-19)24(28-26(30)27-17)20-13-14-21(31-2)22(15-20)32-16-18-9-5-3-6-10-18/h3-15,24H,16H2,1-2H3,(H2,27,28,30). The third kappa shape index (κ3) is 4.49. The molecule has 1 unspecified atom stereocenters. The predicted molar refractivity (Wildman–Crippen MR) is 122 cm³/mol. The van der Waals surface area contributed by atoms with E-state index in [9.17, 15) is 9.59 Å². The van der Waals surface area contributed by atoms with Gasteiger partial charge in [0.1, 0.15) is 6.61 Å². The van der Waals surface area contributed by atoms with E-state index in [1.807, 2.05) is 60.7 Å². The zero-order valence-corrected chi connectivity index (χ0v) is 17.9. The molecule has 0 saturated heterocycles. The fourth-order valence-electron chi connectivity index (χ4n) is 3.71. The predicted octanol–water partition coefficient (Wildman–Crippen LogP) is 4.79. The van der Waals surface area contributed by atoms with Gasteiger partial charge in [-0.3, -0.25) is 4.79 Å². The minimum atomic E-state index is -0.624. The van der Waals surface area contributed by atoms with Crippen LogP contribution in [-0.2, 0) is 6.61 Å². The van der Waals surface area contributed by atoms with E-state index in [0.29, 0.717) is 34.9 Å². The molecule has 0 radical (unpaired) electrons. The van der Waals surface area contributed by atoms with Crippen molar-refractivity contribution in [2.45, 2.75) is 19.6 Å². The molecule has 0 fully saturated rings. The molecular weight excluding hydrogens is 404 g/mol. The van der Waals surface area contributed by atoms with Crippen LogP contribution in [0.1, 0.15) is 34.5 Å². The number of urea groups is 1. The first-order chi connectivity index (χ1) is 15.6. The Bertz CT molecular complexity index is 1160. The van der Waals surface area contributed by atoms with Gasteiger partial charge in [-0.1, -0.05) is 66.7 Å². The molecule has 32 heavy (non-hydrogen) atoms. The molecule has 2 N–H and O–H groups in total. The lowest BCUT2D eigenvalue weighted by atomic mass is 9.89. The van der Waals surface area contributed by atoms with Crippen molar-refractivity contribution in [1.29, 1.82) is 0 Å². The molecule has 1 aliphatic heterocycles. The molecule has 0 aliphatic carbocycles. The van der Waals surface area contributed by atoms with Crippen LogP contribution in [0.25, 0.3) is 0 Å². The van der Waals surface area contributed by atoms with E-state index in [4.69, 9.17) is 9.47 Å². The summed E-state index contributed by atoms with van der Waals surface area (Å²) in [6.45, 7) is 2.10. The lowest BCUT2D eigenvalue weighted by Crippen LogP contribution is -2.45. The number of benzene rings is 3. The topological polar surface area (TPSA) is 76.7 Å². The van der Waals surface area contributed by atoms with Crippen LogP contribution in [0.5, 0.6) is 11.5 Å². The van der Waals surface area contributed by atoms with Crippen LogP contribution in [0.4, 0.5) is 4.79 Å². The molecule has 1 aliphatic rings. The smallest absolute Gasteiger partial charge is 0.319 e. The highest BCUT2D eigenvalue weighted by atomic mass is 16.5. The molecule has 0 aromatic heterocycles.